The van der Waals surface area contributed by atoms with E-state index in [1.807, 2.05) is 43.0 Å². The Morgan fingerprint density at radius 3 is 2.31 bits per heavy atom. The number of nitrogens with one attached hydrogen (secondary N) is 1. The molecule has 0 bridgehead atoms. The molecule has 0 spiro atoms. The second-order valence-corrected chi connectivity index (χ2v) is 9.58. The van der Waals surface area contributed by atoms with E-state index in [9.17, 15) is 9.59 Å². The smallest absolute Gasteiger partial charge is 0.263 e. The van der Waals surface area contributed by atoms with E-state index in [0.29, 0.717) is 24.1 Å². The molecule has 2 saturated carbocycles. The summed E-state index contributed by atoms with van der Waals surface area (Å²) in [6, 6.07) is 14.4. The molecule has 1 atom stereocenters. The molecule has 0 saturated heterocycles. The average molecular weight is 435 g/mol. The molecule has 0 radical (unpaired) electrons. The third kappa shape index (κ3) is 5.50. The van der Waals surface area contributed by atoms with Crippen LogP contribution in [0.4, 0.5) is 0 Å². The van der Waals surface area contributed by atoms with E-state index in [4.69, 9.17) is 4.74 Å². The quantitative estimate of drug-likeness (QED) is 0.606. The minimum atomic E-state index is -0.555. The van der Waals surface area contributed by atoms with Crippen molar-refractivity contribution in [1.82, 2.24) is 10.2 Å². The Kier molecular flexibility index (Phi) is 6.54. The first-order chi connectivity index (χ1) is 15.3. The summed E-state index contributed by atoms with van der Waals surface area (Å²) >= 11 is 0. The summed E-state index contributed by atoms with van der Waals surface area (Å²) in [6.45, 7) is 8.69. The third-order valence-electron chi connectivity index (χ3n) is 6.28. The van der Waals surface area contributed by atoms with E-state index in [2.05, 4.69) is 37.4 Å². The van der Waals surface area contributed by atoms with Crippen LogP contribution in [0.1, 0.15) is 79.4 Å². The van der Waals surface area contributed by atoms with Crippen molar-refractivity contribution in [2.45, 2.75) is 84.0 Å². The van der Waals surface area contributed by atoms with Crippen LogP contribution in [0.25, 0.3) is 0 Å². The number of rotatable bonds is 9. The number of hydrogen-bond acceptors (Lipinski definition) is 3. The highest BCUT2D eigenvalue weighted by Gasteiger charge is 2.35. The zero-order valence-corrected chi connectivity index (χ0v) is 19.6. The summed E-state index contributed by atoms with van der Waals surface area (Å²) in [6.07, 6.45) is 3.65. The molecule has 2 aromatic carbocycles. The number of carbonyl (C=O) groups is 2. The molecule has 4 rings (SSSR count). The SMILES string of the molecule is Cc1ccc(C(C)C)cc1OC(C)C(=O)N(Cc1ccc(C(=O)NC2CC2)cc1)C1CC1. The second kappa shape index (κ2) is 9.35. The largest absolute Gasteiger partial charge is 0.481 e. The molecule has 32 heavy (non-hydrogen) atoms. The maximum absolute atomic E-state index is 13.3. The number of ether oxygens (including phenoxy) is 1. The maximum atomic E-state index is 13.3. The number of carbonyl (C=O) groups excluding carboxylic acids is 2. The van der Waals surface area contributed by atoms with Crippen LogP contribution in [0.5, 0.6) is 5.75 Å². The van der Waals surface area contributed by atoms with Gasteiger partial charge in [0.05, 0.1) is 0 Å². The molecule has 2 aromatic rings. The van der Waals surface area contributed by atoms with Crippen LogP contribution in [0.2, 0.25) is 0 Å². The van der Waals surface area contributed by atoms with Crippen LogP contribution in [-0.4, -0.2) is 34.9 Å². The standard InChI is InChI=1S/C27H34N2O3/c1-17(2)22-8-5-18(3)25(15-22)32-19(4)27(31)29(24-13-14-24)16-20-6-9-21(10-7-20)26(30)28-23-11-12-23/h5-10,15,17,19,23-24H,11-14,16H2,1-4H3,(H,28,30). The van der Waals surface area contributed by atoms with Gasteiger partial charge in [0.25, 0.3) is 11.8 Å². The van der Waals surface area contributed by atoms with Crippen molar-refractivity contribution >= 4 is 11.8 Å². The molecule has 0 aromatic heterocycles. The van der Waals surface area contributed by atoms with Gasteiger partial charge in [0.15, 0.2) is 6.10 Å². The van der Waals surface area contributed by atoms with Gasteiger partial charge in [-0.25, -0.2) is 0 Å². The number of hydrogen-bond donors (Lipinski definition) is 1. The molecule has 2 aliphatic carbocycles. The topological polar surface area (TPSA) is 58.6 Å². The average Bonchev–Trinajstić information content (AvgIpc) is 3.68. The van der Waals surface area contributed by atoms with Crippen LogP contribution in [0.15, 0.2) is 42.5 Å². The van der Waals surface area contributed by atoms with E-state index in [1.165, 1.54) is 5.56 Å². The molecule has 2 fully saturated rings. The van der Waals surface area contributed by atoms with Crippen molar-refractivity contribution in [3.8, 4) is 5.75 Å². The maximum Gasteiger partial charge on any atom is 0.263 e. The van der Waals surface area contributed by atoms with Gasteiger partial charge in [0, 0.05) is 24.2 Å². The summed E-state index contributed by atoms with van der Waals surface area (Å²) in [5, 5.41) is 3.01. The third-order valence-corrected chi connectivity index (χ3v) is 6.28. The van der Waals surface area contributed by atoms with Gasteiger partial charge in [-0.3, -0.25) is 9.59 Å². The van der Waals surface area contributed by atoms with Crippen molar-refractivity contribution in [3.63, 3.8) is 0 Å². The van der Waals surface area contributed by atoms with Gasteiger partial charge in [-0.05, 0) is 80.3 Å². The van der Waals surface area contributed by atoms with Gasteiger partial charge in [-0.15, -0.1) is 0 Å². The summed E-state index contributed by atoms with van der Waals surface area (Å²) in [7, 11) is 0. The molecule has 170 valence electrons. The normalized spacial score (nSPS) is 16.5. The lowest BCUT2D eigenvalue weighted by Crippen LogP contribution is -2.41. The fourth-order valence-electron chi connectivity index (χ4n) is 3.80. The monoisotopic (exact) mass is 434 g/mol. The zero-order chi connectivity index (χ0) is 22.8. The minimum Gasteiger partial charge on any atom is -0.481 e. The lowest BCUT2D eigenvalue weighted by Gasteiger charge is -2.27. The predicted octanol–water partition coefficient (Wildman–Crippen LogP) is 4.97. The van der Waals surface area contributed by atoms with Crippen molar-refractivity contribution in [2.24, 2.45) is 0 Å². The molecule has 5 heteroatoms. The zero-order valence-electron chi connectivity index (χ0n) is 19.6. The lowest BCUT2D eigenvalue weighted by molar-refractivity contribution is -0.139. The van der Waals surface area contributed by atoms with Crippen LogP contribution in [0.3, 0.4) is 0 Å². The van der Waals surface area contributed by atoms with Gasteiger partial charge >= 0.3 is 0 Å². The van der Waals surface area contributed by atoms with Crippen LogP contribution in [0, 0.1) is 6.92 Å². The Balaban J connectivity index is 1.41. The number of amides is 2. The van der Waals surface area contributed by atoms with Gasteiger partial charge in [0.2, 0.25) is 0 Å². The van der Waals surface area contributed by atoms with Gasteiger partial charge in [-0.2, -0.15) is 0 Å². The minimum absolute atomic E-state index is 0.0115. The van der Waals surface area contributed by atoms with E-state index < -0.39 is 6.10 Å². The fourth-order valence-corrected chi connectivity index (χ4v) is 3.80. The first-order valence-electron chi connectivity index (χ1n) is 11.8. The van der Waals surface area contributed by atoms with Crippen molar-refractivity contribution in [1.29, 1.82) is 0 Å². The van der Waals surface area contributed by atoms with Crippen LogP contribution in [-0.2, 0) is 11.3 Å². The highest BCUT2D eigenvalue weighted by atomic mass is 16.5. The lowest BCUT2D eigenvalue weighted by atomic mass is 10.0. The molecular formula is C27H34N2O3. The number of nitrogens with zero attached hydrogens (tertiary/aromatic N) is 1. The highest BCUT2D eigenvalue weighted by molar-refractivity contribution is 5.94. The molecule has 1 N–H and O–H groups in total. The molecule has 0 heterocycles. The summed E-state index contributed by atoms with van der Waals surface area (Å²) < 4.78 is 6.14. The first kappa shape index (κ1) is 22.4. The van der Waals surface area contributed by atoms with E-state index in [1.54, 1.807) is 0 Å². The predicted molar refractivity (Wildman–Crippen MR) is 126 cm³/mol. The van der Waals surface area contributed by atoms with Gasteiger partial charge < -0.3 is 15.0 Å². The second-order valence-electron chi connectivity index (χ2n) is 9.58. The van der Waals surface area contributed by atoms with Crippen LogP contribution < -0.4 is 10.1 Å². The van der Waals surface area contributed by atoms with Crippen molar-refractivity contribution in [3.05, 3.63) is 64.7 Å². The Bertz CT molecular complexity index is 975. The Labute approximate surface area is 191 Å². The van der Waals surface area contributed by atoms with Crippen molar-refractivity contribution in [2.75, 3.05) is 0 Å². The molecule has 2 amide bonds. The summed E-state index contributed by atoms with van der Waals surface area (Å²) in [5.74, 6) is 1.17. The Morgan fingerprint density at radius 2 is 1.72 bits per heavy atom. The molecule has 0 aliphatic heterocycles. The Hall–Kier alpha value is -2.82. The number of aryl methyl sites for hydroxylation is 1. The molecular weight excluding hydrogens is 400 g/mol. The highest BCUT2D eigenvalue weighted by Crippen LogP contribution is 2.31. The molecule has 2 aliphatic rings. The van der Waals surface area contributed by atoms with Gasteiger partial charge in [0.1, 0.15) is 5.75 Å². The Morgan fingerprint density at radius 1 is 1.03 bits per heavy atom. The number of benzene rings is 2. The van der Waals surface area contributed by atoms with E-state index >= 15 is 0 Å². The molecule has 1 unspecified atom stereocenters. The summed E-state index contributed by atoms with van der Waals surface area (Å²) in [4.78, 5) is 27.5. The fraction of sp³-hybridized carbons (Fsp3) is 0.481. The van der Waals surface area contributed by atoms with E-state index in [-0.39, 0.29) is 17.9 Å². The molecule has 5 nitrogen and oxygen atoms in total. The van der Waals surface area contributed by atoms with Crippen molar-refractivity contribution < 1.29 is 14.3 Å². The van der Waals surface area contributed by atoms with Crippen LogP contribution >= 0.6 is 0 Å². The van der Waals surface area contributed by atoms with E-state index in [0.717, 1.165) is 42.6 Å². The summed E-state index contributed by atoms with van der Waals surface area (Å²) in [5.41, 5.74) is 3.93. The first-order valence-corrected chi connectivity index (χ1v) is 11.8. The van der Waals surface area contributed by atoms with Gasteiger partial charge in [-0.1, -0.05) is 38.1 Å².